The number of nitrogens with two attached hydrogens (primary N) is 1. The van der Waals surface area contributed by atoms with Crippen LogP contribution in [0.2, 0.25) is 0 Å². The number of terminal acetylenes is 1. The molecule has 92 valence electrons. The highest BCUT2D eigenvalue weighted by Crippen LogP contribution is 2.03. The van der Waals surface area contributed by atoms with Crippen LogP contribution >= 0.6 is 0 Å². The molecule has 4 nitrogen and oxygen atoms in total. The van der Waals surface area contributed by atoms with E-state index in [1.807, 2.05) is 20.8 Å². The Morgan fingerprint density at radius 1 is 1.56 bits per heavy atom. The Balaban J connectivity index is 4.18. The molecule has 16 heavy (non-hydrogen) atoms. The van der Waals surface area contributed by atoms with Crippen molar-refractivity contribution in [2.24, 2.45) is 11.7 Å². The van der Waals surface area contributed by atoms with E-state index in [1.54, 1.807) is 0 Å². The average Bonchev–Trinajstić information content (AvgIpc) is 2.23. The first-order valence-corrected chi connectivity index (χ1v) is 5.60. The number of amides is 1. The molecule has 2 atom stereocenters. The van der Waals surface area contributed by atoms with Crippen molar-refractivity contribution in [2.75, 3.05) is 13.2 Å². The van der Waals surface area contributed by atoms with Crippen molar-refractivity contribution in [1.82, 2.24) is 5.32 Å². The molecule has 0 rings (SSSR count). The fraction of sp³-hybridized carbons (Fsp3) is 0.750. The Morgan fingerprint density at radius 3 is 2.62 bits per heavy atom. The smallest absolute Gasteiger partial charge is 0.238 e. The van der Waals surface area contributed by atoms with E-state index in [4.69, 9.17) is 16.9 Å². The lowest BCUT2D eigenvalue weighted by Crippen LogP contribution is -2.48. The Morgan fingerprint density at radius 2 is 2.19 bits per heavy atom. The topological polar surface area (TPSA) is 64.4 Å². The molecule has 2 unspecified atom stereocenters. The molecule has 1 amide bonds. The zero-order chi connectivity index (χ0) is 12.6. The standard InChI is InChI=1S/C12H22N2O2/c1-5-7-10(13)12(15)14-11(9(3)4)8-16-6-2/h1,9-11H,6-8,13H2,2-4H3,(H,14,15). The van der Waals surface area contributed by atoms with Gasteiger partial charge < -0.3 is 15.8 Å². The van der Waals surface area contributed by atoms with Crippen LogP contribution in [0.15, 0.2) is 0 Å². The molecular weight excluding hydrogens is 204 g/mol. The van der Waals surface area contributed by atoms with Crippen molar-refractivity contribution in [1.29, 1.82) is 0 Å². The Bertz CT molecular complexity index is 246. The minimum atomic E-state index is -0.632. The van der Waals surface area contributed by atoms with Crippen LogP contribution in [0.3, 0.4) is 0 Å². The van der Waals surface area contributed by atoms with Gasteiger partial charge in [-0.15, -0.1) is 12.3 Å². The van der Waals surface area contributed by atoms with E-state index in [0.29, 0.717) is 19.1 Å². The van der Waals surface area contributed by atoms with Gasteiger partial charge in [-0.3, -0.25) is 4.79 Å². The number of rotatable bonds is 7. The molecule has 0 aliphatic carbocycles. The maximum atomic E-state index is 11.6. The third-order valence-electron chi connectivity index (χ3n) is 2.31. The van der Waals surface area contributed by atoms with E-state index in [1.165, 1.54) is 0 Å². The van der Waals surface area contributed by atoms with Gasteiger partial charge in [0, 0.05) is 13.0 Å². The van der Waals surface area contributed by atoms with E-state index >= 15 is 0 Å². The number of nitrogens with one attached hydrogen (secondary N) is 1. The number of carbonyl (C=O) groups is 1. The van der Waals surface area contributed by atoms with Crippen LogP contribution in [-0.2, 0) is 9.53 Å². The molecular formula is C12H22N2O2. The van der Waals surface area contributed by atoms with Crippen molar-refractivity contribution < 1.29 is 9.53 Å². The summed E-state index contributed by atoms with van der Waals surface area (Å²) in [7, 11) is 0. The van der Waals surface area contributed by atoms with Crippen molar-refractivity contribution in [3.05, 3.63) is 0 Å². The van der Waals surface area contributed by atoms with Crippen LogP contribution in [-0.4, -0.2) is 31.2 Å². The summed E-state index contributed by atoms with van der Waals surface area (Å²) in [5, 5.41) is 2.85. The minimum Gasteiger partial charge on any atom is -0.380 e. The van der Waals surface area contributed by atoms with Gasteiger partial charge in [-0.2, -0.15) is 0 Å². The summed E-state index contributed by atoms with van der Waals surface area (Å²) < 4.78 is 5.30. The van der Waals surface area contributed by atoms with E-state index < -0.39 is 6.04 Å². The summed E-state index contributed by atoms with van der Waals surface area (Å²) in [6.07, 6.45) is 5.36. The maximum Gasteiger partial charge on any atom is 0.238 e. The first-order chi connectivity index (χ1) is 7.52. The number of carbonyl (C=O) groups excluding carboxylic acids is 1. The van der Waals surface area contributed by atoms with Crippen molar-refractivity contribution in [3.8, 4) is 12.3 Å². The highest BCUT2D eigenvalue weighted by molar-refractivity contribution is 5.82. The monoisotopic (exact) mass is 226 g/mol. The van der Waals surface area contributed by atoms with Crippen LogP contribution in [0.4, 0.5) is 0 Å². The fourth-order valence-electron chi connectivity index (χ4n) is 1.16. The molecule has 0 aromatic rings. The van der Waals surface area contributed by atoms with Crippen molar-refractivity contribution in [3.63, 3.8) is 0 Å². The second-order valence-corrected chi connectivity index (χ2v) is 4.03. The summed E-state index contributed by atoms with van der Waals surface area (Å²) >= 11 is 0. The summed E-state index contributed by atoms with van der Waals surface area (Å²) in [6, 6.07) is -0.649. The summed E-state index contributed by atoms with van der Waals surface area (Å²) in [4.78, 5) is 11.6. The number of hydrogen-bond acceptors (Lipinski definition) is 3. The SMILES string of the molecule is C#CCC(N)C(=O)NC(COCC)C(C)C. The van der Waals surface area contributed by atoms with E-state index in [-0.39, 0.29) is 18.4 Å². The van der Waals surface area contributed by atoms with Gasteiger partial charge >= 0.3 is 0 Å². The van der Waals surface area contributed by atoms with Crippen molar-refractivity contribution in [2.45, 2.75) is 39.3 Å². The second kappa shape index (κ2) is 8.14. The molecule has 0 aliphatic heterocycles. The third kappa shape index (κ3) is 5.74. The Kier molecular flexibility index (Phi) is 7.61. The first kappa shape index (κ1) is 14.9. The molecule has 0 saturated carbocycles. The lowest BCUT2D eigenvalue weighted by molar-refractivity contribution is -0.123. The minimum absolute atomic E-state index is 0.0173. The molecule has 0 aromatic heterocycles. The van der Waals surface area contributed by atoms with Gasteiger partial charge in [-0.25, -0.2) is 0 Å². The van der Waals surface area contributed by atoms with Crippen LogP contribution < -0.4 is 11.1 Å². The molecule has 0 spiro atoms. The largest absolute Gasteiger partial charge is 0.380 e. The molecule has 0 heterocycles. The zero-order valence-electron chi connectivity index (χ0n) is 10.3. The number of ether oxygens (including phenoxy) is 1. The maximum absolute atomic E-state index is 11.6. The molecule has 0 saturated heterocycles. The molecule has 3 N–H and O–H groups in total. The number of hydrogen-bond donors (Lipinski definition) is 2. The second-order valence-electron chi connectivity index (χ2n) is 4.03. The van der Waals surface area contributed by atoms with Gasteiger partial charge in [0.05, 0.1) is 18.7 Å². The summed E-state index contributed by atoms with van der Waals surface area (Å²) in [6.45, 7) is 7.11. The van der Waals surface area contributed by atoms with E-state index in [0.717, 1.165) is 0 Å². The van der Waals surface area contributed by atoms with Gasteiger partial charge in [0.1, 0.15) is 0 Å². The average molecular weight is 226 g/mol. The van der Waals surface area contributed by atoms with Gasteiger partial charge in [-0.1, -0.05) is 13.8 Å². The Labute approximate surface area is 97.9 Å². The predicted molar refractivity (Wildman–Crippen MR) is 64.7 cm³/mol. The zero-order valence-corrected chi connectivity index (χ0v) is 10.3. The predicted octanol–water partition coefficient (Wildman–Crippen LogP) is 0.514. The molecule has 0 aliphatic rings. The van der Waals surface area contributed by atoms with Crippen LogP contribution in [0.5, 0.6) is 0 Å². The van der Waals surface area contributed by atoms with Gasteiger partial charge in [-0.05, 0) is 12.8 Å². The van der Waals surface area contributed by atoms with Gasteiger partial charge in [0.25, 0.3) is 0 Å². The highest BCUT2D eigenvalue weighted by Gasteiger charge is 2.19. The molecule has 0 aromatic carbocycles. The van der Waals surface area contributed by atoms with Gasteiger partial charge in [0.2, 0.25) is 5.91 Å². The first-order valence-electron chi connectivity index (χ1n) is 5.60. The highest BCUT2D eigenvalue weighted by atomic mass is 16.5. The summed E-state index contributed by atoms with van der Waals surface area (Å²) in [5.74, 6) is 2.46. The molecule has 0 fully saturated rings. The van der Waals surface area contributed by atoms with Crippen LogP contribution in [0.1, 0.15) is 27.2 Å². The normalized spacial score (nSPS) is 14.2. The van der Waals surface area contributed by atoms with E-state index in [2.05, 4.69) is 11.2 Å². The lowest BCUT2D eigenvalue weighted by Gasteiger charge is -2.23. The lowest BCUT2D eigenvalue weighted by atomic mass is 10.0. The quantitative estimate of drug-likeness (QED) is 0.622. The molecule has 4 heteroatoms. The van der Waals surface area contributed by atoms with Crippen LogP contribution in [0.25, 0.3) is 0 Å². The Hall–Kier alpha value is -1.05. The molecule has 0 bridgehead atoms. The van der Waals surface area contributed by atoms with Crippen molar-refractivity contribution >= 4 is 5.91 Å². The van der Waals surface area contributed by atoms with Crippen LogP contribution in [0, 0.1) is 18.3 Å². The molecule has 0 radical (unpaired) electrons. The third-order valence-corrected chi connectivity index (χ3v) is 2.31. The van der Waals surface area contributed by atoms with E-state index in [9.17, 15) is 4.79 Å². The summed E-state index contributed by atoms with van der Waals surface area (Å²) in [5.41, 5.74) is 5.61. The fourth-order valence-corrected chi connectivity index (χ4v) is 1.16. The van der Waals surface area contributed by atoms with Gasteiger partial charge in [0.15, 0.2) is 0 Å².